The molecule has 2 unspecified atom stereocenters. The Hall–Kier alpha value is -1.36. The molecule has 1 aromatic rings. The van der Waals surface area contributed by atoms with E-state index in [-0.39, 0.29) is 17.8 Å². The largest absolute Gasteiger partial charge is 0.462 e. The number of esters is 1. The normalized spacial score (nSPS) is 22.3. The van der Waals surface area contributed by atoms with Gasteiger partial charge in [-0.05, 0) is 32.3 Å². The summed E-state index contributed by atoms with van der Waals surface area (Å²) in [6, 6.07) is 1.58. The van der Waals surface area contributed by atoms with Gasteiger partial charge in [0.25, 0.3) is 0 Å². The molecule has 6 heteroatoms. The van der Waals surface area contributed by atoms with E-state index in [1.165, 1.54) is 6.20 Å². The minimum atomic E-state index is -0.777. The maximum absolute atomic E-state index is 13.2. The van der Waals surface area contributed by atoms with Crippen LogP contribution < -0.4 is 5.32 Å². The number of aromatic nitrogens is 1. The topological polar surface area (TPSA) is 51.2 Å². The van der Waals surface area contributed by atoms with Gasteiger partial charge in [0.05, 0.1) is 12.3 Å². The third kappa shape index (κ3) is 3.56. The average Bonchev–Trinajstić information content (AvgIpc) is 2.75. The Balaban J connectivity index is 2.17. The second-order valence-electron chi connectivity index (χ2n) is 4.52. The zero-order chi connectivity index (χ0) is 13.8. The second-order valence-corrected chi connectivity index (χ2v) is 4.91. The SMILES string of the molecule is CCOC(=O)c1cnc(Cl)cc1NC1CCC(F)C1. The van der Waals surface area contributed by atoms with Gasteiger partial charge in [0.1, 0.15) is 16.9 Å². The van der Waals surface area contributed by atoms with Crippen LogP contribution in [0.25, 0.3) is 0 Å². The molecule has 2 atom stereocenters. The van der Waals surface area contributed by atoms with Crippen molar-refractivity contribution in [2.75, 3.05) is 11.9 Å². The Bertz CT molecular complexity index is 470. The first-order valence-electron chi connectivity index (χ1n) is 6.33. The summed E-state index contributed by atoms with van der Waals surface area (Å²) in [5.74, 6) is -0.455. The summed E-state index contributed by atoms with van der Waals surface area (Å²) in [7, 11) is 0. The number of pyridine rings is 1. The molecule has 1 aliphatic rings. The van der Waals surface area contributed by atoms with Gasteiger partial charge >= 0.3 is 5.97 Å². The fraction of sp³-hybridized carbons (Fsp3) is 0.538. The Labute approximate surface area is 116 Å². The van der Waals surface area contributed by atoms with Crippen molar-refractivity contribution in [3.63, 3.8) is 0 Å². The quantitative estimate of drug-likeness (QED) is 0.682. The predicted molar refractivity (Wildman–Crippen MR) is 71.4 cm³/mol. The molecule has 1 aliphatic carbocycles. The van der Waals surface area contributed by atoms with Crippen molar-refractivity contribution in [2.24, 2.45) is 0 Å². The monoisotopic (exact) mass is 286 g/mol. The highest BCUT2D eigenvalue weighted by molar-refractivity contribution is 6.29. The predicted octanol–water partition coefficient (Wildman–Crippen LogP) is 3.21. The Morgan fingerprint density at radius 1 is 1.63 bits per heavy atom. The van der Waals surface area contributed by atoms with Crippen molar-refractivity contribution in [3.05, 3.63) is 23.0 Å². The lowest BCUT2D eigenvalue weighted by Gasteiger charge is -2.16. The van der Waals surface area contributed by atoms with Crippen LogP contribution >= 0.6 is 11.6 Å². The third-order valence-electron chi connectivity index (χ3n) is 3.09. The van der Waals surface area contributed by atoms with Gasteiger partial charge in [0.2, 0.25) is 0 Å². The molecule has 1 heterocycles. The molecule has 104 valence electrons. The number of rotatable bonds is 4. The molecule has 1 aromatic heterocycles. The second kappa shape index (κ2) is 6.19. The summed E-state index contributed by atoms with van der Waals surface area (Å²) in [6.07, 6.45) is 2.34. The molecular formula is C13H16ClFN2O2. The zero-order valence-corrected chi connectivity index (χ0v) is 11.4. The van der Waals surface area contributed by atoms with E-state index in [1.807, 2.05) is 0 Å². The number of nitrogens with one attached hydrogen (secondary N) is 1. The van der Waals surface area contributed by atoms with E-state index in [2.05, 4.69) is 10.3 Å². The van der Waals surface area contributed by atoms with Crippen molar-refractivity contribution in [2.45, 2.75) is 38.4 Å². The highest BCUT2D eigenvalue weighted by Crippen LogP contribution is 2.27. The molecular weight excluding hydrogens is 271 g/mol. The first kappa shape index (κ1) is 14.1. The van der Waals surface area contributed by atoms with Crippen LogP contribution in [0.15, 0.2) is 12.3 Å². The number of carbonyl (C=O) groups is 1. The van der Waals surface area contributed by atoms with Gasteiger partial charge in [-0.25, -0.2) is 14.2 Å². The number of alkyl halides is 1. The highest BCUT2D eigenvalue weighted by atomic mass is 35.5. The number of ether oxygens (including phenoxy) is 1. The molecule has 2 rings (SSSR count). The van der Waals surface area contributed by atoms with E-state index >= 15 is 0 Å². The molecule has 0 saturated heterocycles. The standard InChI is InChI=1S/C13H16ClFN2O2/c1-2-19-13(18)10-7-16-12(14)6-11(10)17-9-4-3-8(15)5-9/h6-9H,2-5H2,1H3,(H,16,17). The maximum Gasteiger partial charge on any atom is 0.341 e. The number of halogens is 2. The maximum atomic E-state index is 13.2. The Morgan fingerprint density at radius 2 is 2.42 bits per heavy atom. The molecule has 19 heavy (non-hydrogen) atoms. The number of carbonyl (C=O) groups excluding carboxylic acids is 1. The smallest absolute Gasteiger partial charge is 0.341 e. The van der Waals surface area contributed by atoms with Gasteiger partial charge in [-0.15, -0.1) is 0 Å². The molecule has 1 saturated carbocycles. The van der Waals surface area contributed by atoms with Gasteiger partial charge in [-0.3, -0.25) is 0 Å². The van der Waals surface area contributed by atoms with E-state index in [0.717, 1.165) is 6.42 Å². The molecule has 0 radical (unpaired) electrons. The fourth-order valence-corrected chi connectivity index (χ4v) is 2.36. The Morgan fingerprint density at radius 3 is 3.05 bits per heavy atom. The van der Waals surface area contributed by atoms with E-state index in [0.29, 0.717) is 24.1 Å². The lowest BCUT2D eigenvalue weighted by molar-refractivity contribution is 0.0527. The molecule has 1 N–H and O–H groups in total. The van der Waals surface area contributed by atoms with Gasteiger partial charge in [0, 0.05) is 12.2 Å². The summed E-state index contributed by atoms with van der Waals surface area (Å²) >= 11 is 5.84. The van der Waals surface area contributed by atoms with Crippen LogP contribution in [-0.2, 0) is 4.74 Å². The van der Waals surface area contributed by atoms with Crippen LogP contribution in [-0.4, -0.2) is 29.8 Å². The molecule has 0 aromatic carbocycles. The van der Waals surface area contributed by atoms with Crippen LogP contribution in [0, 0.1) is 0 Å². The average molecular weight is 287 g/mol. The number of hydrogen-bond acceptors (Lipinski definition) is 4. The molecule has 1 fully saturated rings. The lowest BCUT2D eigenvalue weighted by Crippen LogP contribution is -2.19. The van der Waals surface area contributed by atoms with E-state index in [4.69, 9.17) is 16.3 Å². The Kier molecular flexibility index (Phi) is 4.58. The van der Waals surface area contributed by atoms with Crippen LogP contribution in [0.1, 0.15) is 36.5 Å². The van der Waals surface area contributed by atoms with E-state index < -0.39 is 12.1 Å². The third-order valence-corrected chi connectivity index (χ3v) is 3.30. The summed E-state index contributed by atoms with van der Waals surface area (Å²) < 4.78 is 18.1. The molecule has 0 bridgehead atoms. The van der Waals surface area contributed by atoms with E-state index in [9.17, 15) is 9.18 Å². The van der Waals surface area contributed by atoms with Gasteiger partial charge in [-0.1, -0.05) is 11.6 Å². The summed E-state index contributed by atoms with van der Waals surface area (Å²) in [5, 5.41) is 3.44. The number of nitrogens with zero attached hydrogens (tertiary/aromatic N) is 1. The summed E-state index contributed by atoms with van der Waals surface area (Å²) in [6.45, 7) is 2.02. The van der Waals surface area contributed by atoms with Gasteiger partial charge < -0.3 is 10.1 Å². The fourth-order valence-electron chi connectivity index (χ4n) is 2.20. The summed E-state index contributed by atoms with van der Waals surface area (Å²) in [5.41, 5.74) is 0.881. The highest BCUT2D eigenvalue weighted by Gasteiger charge is 2.25. The van der Waals surface area contributed by atoms with Crippen LogP contribution in [0.2, 0.25) is 5.15 Å². The molecule has 0 spiro atoms. The van der Waals surface area contributed by atoms with E-state index in [1.54, 1.807) is 13.0 Å². The van der Waals surface area contributed by atoms with Gasteiger partial charge in [0.15, 0.2) is 0 Å². The van der Waals surface area contributed by atoms with Crippen molar-refractivity contribution >= 4 is 23.3 Å². The first-order valence-corrected chi connectivity index (χ1v) is 6.71. The van der Waals surface area contributed by atoms with Crippen LogP contribution in [0.4, 0.5) is 10.1 Å². The van der Waals surface area contributed by atoms with Crippen molar-refractivity contribution < 1.29 is 13.9 Å². The van der Waals surface area contributed by atoms with Crippen LogP contribution in [0.3, 0.4) is 0 Å². The molecule has 4 nitrogen and oxygen atoms in total. The minimum Gasteiger partial charge on any atom is -0.462 e. The van der Waals surface area contributed by atoms with Crippen molar-refractivity contribution in [3.8, 4) is 0 Å². The zero-order valence-electron chi connectivity index (χ0n) is 10.7. The molecule has 0 amide bonds. The number of hydrogen-bond donors (Lipinski definition) is 1. The summed E-state index contributed by atoms with van der Waals surface area (Å²) in [4.78, 5) is 15.7. The van der Waals surface area contributed by atoms with Gasteiger partial charge in [-0.2, -0.15) is 0 Å². The minimum absolute atomic E-state index is 0.0154. The lowest BCUT2D eigenvalue weighted by atomic mass is 10.2. The first-order chi connectivity index (χ1) is 9.10. The molecule has 0 aliphatic heterocycles. The van der Waals surface area contributed by atoms with Crippen molar-refractivity contribution in [1.82, 2.24) is 4.98 Å². The number of anilines is 1. The van der Waals surface area contributed by atoms with Crippen molar-refractivity contribution in [1.29, 1.82) is 0 Å². The van der Waals surface area contributed by atoms with Crippen LogP contribution in [0.5, 0.6) is 0 Å².